The quantitative estimate of drug-likeness (QED) is 0.367. The molecule has 2 aromatic carbocycles. The highest BCUT2D eigenvalue weighted by Gasteiger charge is 2.31. The van der Waals surface area contributed by atoms with E-state index in [-0.39, 0.29) is 5.56 Å². The smallest absolute Gasteiger partial charge is 0.337 e. The van der Waals surface area contributed by atoms with Crippen LogP contribution in [-0.4, -0.2) is 37.8 Å². The van der Waals surface area contributed by atoms with Crippen LogP contribution in [0.5, 0.6) is 0 Å². The third kappa shape index (κ3) is 3.84. The molecule has 0 aliphatic heterocycles. The van der Waals surface area contributed by atoms with Gasteiger partial charge in [0.1, 0.15) is 11.6 Å². The number of para-hydroxylation sites is 1. The number of nitrogens with zero attached hydrogens (tertiary/aromatic N) is 4. The first kappa shape index (κ1) is 19.5. The van der Waals surface area contributed by atoms with Gasteiger partial charge < -0.3 is 9.72 Å². The van der Waals surface area contributed by atoms with Crippen molar-refractivity contribution < 1.29 is 9.53 Å². The van der Waals surface area contributed by atoms with Gasteiger partial charge in [-0.05, 0) is 43.2 Å². The molecule has 0 spiro atoms. The zero-order valence-corrected chi connectivity index (χ0v) is 17.6. The van der Waals surface area contributed by atoms with Gasteiger partial charge in [0, 0.05) is 11.6 Å². The number of hydrogen-bond donors (Lipinski definition) is 1. The van der Waals surface area contributed by atoms with Gasteiger partial charge in [-0.1, -0.05) is 30.0 Å². The van der Waals surface area contributed by atoms with Crippen molar-refractivity contribution in [2.24, 2.45) is 0 Å². The van der Waals surface area contributed by atoms with E-state index in [0.29, 0.717) is 34.0 Å². The summed E-state index contributed by atoms with van der Waals surface area (Å²) in [4.78, 5) is 31.7. The molecule has 1 N–H and O–H groups in total. The fourth-order valence-electron chi connectivity index (χ4n) is 3.43. The number of fused-ring (bicyclic) bond motifs is 1. The summed E-state index contributed by atoms with van der Waals surface area (Å²) in [6.45, 7) is 0. The van der Waals surface area contributed by atoms with Crippen LogP contribution in [-0.2, 0) is 10.5 Å². The van der Waals surface area contributed by atoms with Crippen molar-refractivity contribution >= 4 is 28.6 Å². The molecule has 1 saturated carbocycles. The number of benzene rings is 2. The summed E-state index contributed by atoms with van der Waals surface area (Å²) in [5, 5.41) is 9.99. The first-order chi connectivity index (χ1) is 15.1. The highest BCUT2D eigenvalue weighted by molar-refractivity contribution is 7.98. The Balaban J connectivity index is 1.46. The van der Waals surface area contributed by atoms with Crippen LogP contribution in [0.15, 0.2) is 58.5 Å². The Kier molecular flexibility index (Phi) is 5.03. The van der Waals surface area contributed by atoms with Crippen LogP contribution in [0.25, 0.3) is 16.6 Å². The van der Waals surface area contributed by atoms with Crippen molar-refractivity contribution in [3.63, 3.8) is 0 Å². The maximum atomic E-state index is 12.5. The molecule has 156 valence electrons. The third-order valence-electron chi connectivity index (χ3n) is 5.13. The van der Waals surface area contributed by atoms with Gasteiger partial charge in [0.05, 0.1) is 29.3 Å². The van der Waals surface area contributed by atoms with Crippen molar-refractivity contribution in [1.29, 1.82) is 0 Å². The molecule has 0 amide bonds. The molecular weight excluding hydrogens is 414 g/mol. The van der Waals surface area contributed by atoms with E-state index in [1.807, 2.05) is 30.3 Å². The molecule has 1 aliphatic rings. The van der Waals surface area contributed by atoms with Crippen LogP contribution in [0.3, 0.4) is 0 Å². The normalized spacial score (nSPS) is 13.5. The van der Waals surface area contributed by atoms with Crippen molar-refractivity contribution in [2.45, 2.75) is 29.7 Å². The molecule has 4 aromatic rings. The molecular formula is C22H19N5O3S. The summed E-state index contributed by atoms with van der Waals surface area (Å²) in [7, 11) is 1.32. The zero-order valence-electron chi connectivity index (χ0n) is 16.7. The van der Waals surface area contributed by atoms with Crippen molar-refractivity contribution in [1.82, 2.24) is 24.7 Å². The number of methoxy groups -OCH3 is 1. The van der Waals surface area contributed by atoms with E-state index in [2.05, 4.69) is 24.7 Å². The molecule has 1 fully saturated rings. The molecule has 5 rings (SSSR count). The van der Waals surface area contributed by atoms with Gasteiger partial charge in [0.15, 0.2) is 5.16 Å². The Morgan fingerprint density at radius 1 is 1.19 bits per heavy atom. The Morgan fingerprint density at radius 2 is 2.00 bits per heavy atom. The van der Waals surface area contributed by atoms with Gasteiger partial charge in [0.2, 0.25) is 0 Å². The van der Waals surface area contributed by atoms with E-state index < -0.39 is 5.97 Å². The minimum absolute atomic E-state index is 0.250. The van der Waals surface area contributed by atoms with Gasteiger partial charge in [-0.2, -0.15) is 0 Å². The zero-order chi connectivity index (χ0) is 21.4. The van der Waals surface area contributed by atoms with Crippen molar-refractivity contribution in [3.05, 3.63) is 76.1 Å². The summed E-state index contributed by atoms with van der Waals surface area (Å²) in [6, 6.07) is 14.7. The number of rotatable bonds is 6. The van der Waals surface area contributed by atoms with Gasteiger partial charge >= 0.3 is 5.97 Å². The Bertz CT molecular complexity index is 1330. The largest absolute Gasteiger partial charge is 0.465 e. The molecule has 9 heteroatoms. The van der Waals surface area contributed by atoms with E-state index in [1.165, 1.54) is 18.9 Å². The van der Waals surface area contributed by atoms with E-state index in [0.717, 1.165) is 29.5 Å². The predicted octanol–water partition coefficient (Wildman–Crippen LogP) is 3.46. The first-order valence-corrected chi connectivity index (χ1v) is 10.9. The average Bonchev–Trinajstić information content (AvgIpc) is 3.56. The SMILES string of the molecule is COC(=O)c1ccc2c(=O)[nH]c(CSc3nnc(C4CC4)n3-c3ccccc3)nc2c1. The standard InChI is InChI=1S/C22H19N5O3S/c1-30-21(29)14-9-10-16-17(11-14)23-18(24-20(16)28)12-31-22-26-25-19(13-7-8-13)27(22)15-5-3-2-4-6-15/h2-6,9-11,13H,7-8,12H2,1H3,(H,23,24,28). The number of H-pyrrole nitrogens is 1. The summed E-state index contributed by atoms with van der Waals surface area (Å²) < 4.78 is 6.84. The van der Waals surface area contributed by atoms with Gasteiger partial charge in [-0.25, -0.2) is 9.78 Å². The molecule has 0 saturated heterocycles. The molecule has 0 unspecified atom stereocenters. The molecule has 0 atom stereocenters. The summed E-state index contributed by atoms with van der Waals surface area (Å²) in [5.41, 5.74) is 1.56. The lowest BCUT2D eigenvalue weighted by Gasteiger charge is -2.09. The number of ether oxygens (including phenoxy) is 1. The predicted molar refractivity (Wildman–Crippen MR) is 117 cm³/mol. The Labute approximate surface area is 181 Å². The lowest BCUT2D eigenvalue weighted by atomic mass is 10.1. The van der Waals surface area contributed by atoms with Crippen LogP contribution in [0.4, 0.5) is 0 Å². The summed E-state index contributed by atoms with van der Waals surface area (Å²) in [6.07, 6.45) is 2.25. The monoisotopic (exact) mass is 433 g/mol. The number of hydrogen-bond acceptors (Lipinski definition) is 7. The number of carbonyl (C=O) groups excluding carboxylic acids is 1. The number of carbonyl (C=O) groups is 1. The topological polar surface area (TPSA) is 103 Å². The second-order valence-electron chi connectivity index (χ2n) is 7.31. The first-order valence-electron chi connectivity index (χ1n) is 9.89. The maximum absolute atomic E-state index is 12.5. The lowest BCUT2D eigenvalue weighted by molar-refractivity contribution is 0.0601. The minimum atomic E-state index is -0.469. The highest BCUT2D eigenvalue weighted by atomic mass is 32.2. The fraction of sp³-hybridized carbons (Fsp3) is 0.227. The van der Waals surface area contributed by atoms with Crippen molar-refractivity contribution in [3.8, 4) is 5.69 Å². The van der Waals surface area contributed by atoms with Gasteiger partial charge in [0.25, 0.3) is 5.56 Å². The minimum Gasteiger partial charge on any atom is -0.465 e. The number of esters is 1. The van der Waals surface area contributed by atoms with Crippen molar-refractivity contribution in [2.75, 3.05) is 7.11 Å². The number of nitrogens with one attached hydrogen (secondary N) is 1. The van der Waals surface area contributed by atoms with E-state index >= 15 is 0 Å². The molecule has 1 aliphatic carbocycles. The molecule has 0 bridgehead atoms. The second-order valence-corrected chi connectivity index (χ2v) is 8.25. The Morgan fingerprint density at radius 3 is 2.74 bits per heavy atom. The molecule has 31 heavy (non-hydrogen) atoms. The van der Waals surface area contributed by atoms with Crippen LogP contribution in [0.2, 0.25) is 0 Å². The van der Waals surface area contributed by atoms with Gasteiger partial charge in [-0.15, -0.1) is 10.2 Å². The fourth-order valence-corrected chi connectivity index (χ4v) is 4.26. The van der Waals surface area contributed by atoms with E-state index in [4.69, 9.17) is 4.74 Å². The van der Waals surface area contributed by atoms with Crippen LogP contribution < -0.4 is 5.56 Å². The van der Waals surface area contributed by atoms with Gasteiger partial charge in [-0.3, -0.25) is 9.36 Å². The van der Waals surface area contributed by atoms with E-state index in [9.17, 15) is 9.59 Å². The highest BCUT2D eigenvalue weighted by Crippen LogP contribution is 2.41. The molecule has 8 nitrogen and oxygen atoms in total. The third-order valence-corrected chi connectivity index (χ3v) is 6.07. The molecule has 2 aromatic heterocycles. The number of aromatic nitrogens is 5. The van der Waals surface area contributed by atoms with Crippen LogP contribution in [0, 0.1) is 0 Å². The van der Waals surface area contributed by atoms with Crippen LogP contribution in [0.1, 0.15) is 40.8 Å². The summed E-state index contributed by atoms with van der Waals surface area (Å²) in [5.74, 6) is 1.85. The Hall–Kier alpha value is -3.46. The summed E-state index contributed by atoms with van der Waals surface area (Å²) >= 11 is 1.46. The number of aromatic amines is 1. The molecule has 0 radical (unpaired) electrons. The van der Waals surface area contributed by atoms with E-state index in [1.54, 1.807) is 18.2 Å². The lowest BCUT2D eigenvalue weighted by Crippen LogP contribution is -2.12. The average molecular weight is 433 g/mol. The van der Waals surface area contributed by atoms with Crippen LogP contribution >= 0.6 is 11.8 Å². The number of thioether (sulfide) groups is 1. The molecule has 2 heterocycles. The second kappa shape index (κ2) is 7.99. The maximum Gasteiger partial charge on any atom is 0.337 e.